The number of amides is 1. The van der Waals surface area contributed by atoms with E-state index >= 15 is 0 Å². The highest BCUT2D eigenvalue weighted by molar-refractivity contribution is 6.04. The molecule has 0 fully saturated rings. The summed E-state index contributed by atoms with van der Waals surface area (Å²) in [6.07, 6.45) is 0. The molecule has 27 heavy (non-hydrogen) atoms. The molecule has 0 radical (unpaired) electrons. The molecule has 6 heteroatoms. The number of carbonyl (C=O) groups is 1. The van der Waals surface area contributed by atoms with Crippen LogP contribution in [0.1, 0.15) is 28.5 Å². The molecular formula is C21H23N5O. The largest absolute Gasteiger partial charge is 0.370 e. The van der Waals surface area contributed by atoms with Crippen molar-refractivity contribution < 1.29 is 4.79 Å². The Morgan fingerprint density at radius 2 is 1.59 bits per heavy atom. The molecule has 0 unspecified atom stereocenters. The fourth-order valence-corrected chi connectivity index (χ4v) is 2.57. The monoisotopic (exact) mass is 361 g/mol. The lowest BCUT2D eigenvalue weighted by atomic mass is 10.1. The molecular weight excluding hydrogens is 338 g/mol. The number of hydrogen-bond acceptors (Lipinski definition) is 5. The first-order valence-corrected chi connectivity index (χ1v) is 8.88. The van der Waals surface area contributed by atoms with Gasteiger partial charge >= 0.3 is 0 Å². The highest BCUT2D eigenvalue weighted by atomic mass is 16.1. The maximum absolute atomic E-state index is 12.3. The molecule has 3 N–H and O–H groups in total. The Morgan fingerprint density at radius 3 is 2.26 bits per heavy atom. The van der Waals surface area contributed by atoms with Crippen molar-refractivity contribution in [3.05, 3.63) is 71.4 Å². The standard InChI is InChI=1S/C21H23N5O/c1-4-22-19-13-15(3)23-21(26-19)25-18-11-9-17(10-12-18)24-20(27)16-7-5-14(2)6-8-16/h5-13H,4H2,1-3H3,(H,24,27)(H2,22,23,25,26). The van der Waals surface area contributed by atoms with Gasteiger partial charge in [-0.2, -0.15) is 4.98 Å². The minimum absolute atomic E-state index is 0.131. The molecule has 0 saturated carbocycles. The van der Waals surface area contributed by atoms with Gasteiger partial charge in [0, 0.05) is 35.2 Å². The quantitative estimate of drug-likeness (QED) is 0.601. The second-order valence-corrected chi connectivity index (χ2v) is 6.27. The molecule has 0 saturated heterocycles. The van der Waals surface area contributed by atoms with Crippen molar-refractivity contribution >= 4 is 29.0 Å². The van der Waals surface area contributed by atoms with E-state index in [1.165, 1.54) is 0 Å². The first kappa shape index (κ1) is 18.4. The fourth-order valence-electron chi connectivity index (χ4n) is 2.57. The van der Waals surface area contributed by atoms with Gasteiger partial charge in [0.1, 0.15) is 5.82 Å². The summed E-state index contributed by atoms with van der Waals surface area (Å²) in [4.78, 5) is 21.1. The summed E-state index contributed by atoms with van der Waals surface area (Å²) < 4.78 is 0. The molecule has 3 aromatic rings. The molecule has 3 rings (SSSR count). The smallest absolute Gasteiger partial charge is 0.255 e. The van der Waals surface area contributed by atoms with Crippen LogP contribution in [0.3, 0.4) is 0 Å². The molecule has 1 aromatic heterocycles. The van der Waals surface area contributed by atoms with E-state index in [9.17, 15) is 4.79 Å². The molecule has 0 aliphatic heterocycles. The summed E-state index contributed by atoms with van der Waals surface area (Å²) in [5, 5.41) is 9.27. The van der Waals surface area contributed by atoms with E-state index < -0.39 is 0 Å². The van der Waals surface area contributed by atoms with E-state index in [1.54, 1.807) is 0 Å². The van der Waals surface area contributed by atoms with Crippen LogP contribution in [0.25, 0.3) is 0 Å². The van der Waals surface area contributed by atoms with Gasteiger partial charge in [-0.25, -0.2) is 4.98 Å². The molecule has 0 spiro atoms. The van der Waals surface area contributed by atoms with Crippen LogP contribution in [0.2, 0.25) is 0 Å². The summed E-state index contributed by atoms with van der Waals surface area (Å²) in [6, 6.07) is 16.8. The summed E-state index contributed by atoms with van der Waals surface area (Å²) in [7, 11) is 0. The van der Waals surface area contributed by atoms with Gasteiger partial charge in [0.2, 0.25) is 5.95 Å². The number of anilines is 4. The summed E-state index contributed by atoms with van der Waals surface area (Å²) >= 11 is 0. The predicted molar refractivity (Wildman–Crippen MR) is 110 cm³/mol. The van der Waals surface area contributed by atoms with Gasteiger partial charge < -0.3 is 16.0 Å². The van der Waals surface area contributed by atoms with Crippen molar-refractivity contribution in [1.29, 1.82) is 0 Å². The van der Waals surface area contributed by atoms with E-state index in [-0.39, 0.29) is 5.91 Å². The van der Waals surface area contributed by atoms with Crippen molar-refractivity contribution in [2.24, 2.45) is 0 Å². The second-order valence-electron chi connectivity index (χ2n) is 6.27. The zero-order valence-corrected chi connectivity index (χ0v) is 15.7. The zero-order valence-electron chi connectivity index (χ0n) is 15.7. The van der Waals surface area contributed by atoms with Gasteiger partial charge in [-0.05, 0) is 57.2 Å². The summed E-state index contributed by atoms with van der Waals surface area (Å²) in [5.41, 5.74) is 4.20. The molecule has 0 aliphatic rings. The molecule has 0 atom stereocenters. The average Bonchev–Trinajstić information content (AvgIpc) is 2.64. The Morgan fingerprint density at radius 1 is 0.926 bits per heavy atom. The van der Waals surface area contributed by atoms with E-state index in [4.69, 9.17) is 0 Å². The highest BCUT2D eigenvalue weighted by Crippen LogP contribution is 2.19. The minimum atomic E-state index is -0.131. The van der Waals surface area contributed by atoms with Gasteiger partial charge in [0.15, 0.2) is 0 Å². The lowest BCUT2D eigenvalue weighted by Gasteiger charge is -2.10. The van der Waals surface area contributed by atoms with Crippen LogP contribution in [-0.2, 0) is 0 Å². The van der Waals surface area contributed by atoms with Crippen LogP contribution < -0.4 is 16.0 Å². The number of carbonyl (C=O) groups excluding carboxylic acids is 1. The molecule has 6 nitrogen and oxygen atoms in total. The van der Waals surface area contributed by atoms with Gasteiger partial charge in [0.25, 0.3) is 5.91 Å². The maximum Gasteiger partial charge on any atom is 0.255 e. The number of aryl methyl sites for hydroxylation is 2. The number of nitrogens with one attached hydrogen (secondary N) is 3. The lowest BCUT2D eigenvalue weighted by Crippen LogP contribution is -2.11. The van der Waals surface area contributed by atoms with E-state index in [0.717, 1.165) is 35.0 Å². The van der Waals surface area contributed by atoms with Gasteiger partial charge in [-0.3, -0.25) is 4.79 Å². The minimum Gasteiger partial charge on any atom is -0.370 e. The van der Waals surface area contributed by atoms with Crippen LogP contribution in [0.5, 0.6) is 0 Å². The third-order valence-corrected chi connectivity index (χ3v) is 3.92. The third kappa shape index (κ3) is 5.04. The van der Waals surface area contributed by atoms with E-state index in [2.05, 4.69) is 25.9 Å². The Kier molecular flexibility index (Phi) is 5.66. The number of hydrogen-bond donors (Lipinski definition) is 3. The highest BCUT2D eigenvalue weighted by Gasteiger charge is 2.06. The Balaban J connectivity index is 1.67. The topological polar surface area (TPSA) is 78.9 Å². The van der Waals surface area contributed by atoms with E-state index in [0.29, 0.717) is 11.5 Å². The average molecular weight is 361 g/mol. The fraction of sp³-hybridized carbons (Fsp3) is 0.190. The second kappa shape index (κ2) is 8.31. The van der Waals surface area contributed by atoms with Gasteiger partial charge in [0.05, 0.1) is 0 Å². The van der Waals surface area contributed by atoms with Crippen molar-refractivity contribution in [2.75, 3.05) is 22.5 Å². The normalized spacial score (nSPS) is 10.3. The molecule has 138 valence electrons. The van der Waals surface area contributed by atoms with Crippen molar-refractivity contribution in [2.45, 2.75) is 20.8 Å². The SMILES string of the molecule is CCNc1cc(C)nc(Nc2ccc(NC(=O)c3ccc(C)cc3)cc2)n1. The lowest BCUT2D eigenvalue weighted by molar-refractivity contribution is 0.102. The Hall–Kier alpha value is -3.41. The van der Waals surface area contributed by atoms with Gasteiger partial charge in [-0.15, -0.1) is 0 Å². The van der Waals surface area contributed by atoms with Crippen molar-refractivity contribution in [3.8, 4) is 0 Å². The zero-order chi connectivity index (χ0) is 19.2. The van der Waals surface area contributed by atoms with Crippen LogP contribution in [-0.4, -0.2) is 22.4 Å². The van der Waals surface area contributed by atoms with E-state index in [1.807, 2.05) is 75.4 Å². The molecule has 0 bridgehead atoms. The number of aromatic nitrogens is 2. The maximum atomic E-state index is 12.3. The predicted octanol–water partition coefficient (Wildman–Crippen LogP) is 4.52. The number of benzene rings is 2. The first-order valence-electron chi connectivity index (χ1n) is 8.88. The molecule has 1 heterocycles. The molecule has 0 aliphatic carbocycles. The Labute approximate surface area is 159 Å². The summed E-state index contributed by atoms with van der Waals surface area (Å²) in [5.74, 6) is 1.19. The van der Waals surface area contributed by atoms with Crippen LogP contribution in [0.4, 0.5) is 23.1 Å². The molecule has 2 aromatic carbocycles. The van der Waals surface area contributed by atoms with Crippen LogP contribution in [0, 0.1) is 13.8 Å². The summed E-state index contributed by atoms with van der Waals surface area (Å²) in [6.45, 7) is 6.74. The third-order valence-electron chi connectivity index (χ3n) is 3.92. The number of rotatable bonds is 6. The van der Waals surface area contributed by atoms with Crippen LogP contribution >= 0.6 is 0 Å². The van der Waals surface area contributed by atoms with Crippen molar-refractivity contribution in [1.82, 2.24) is 9.97 Å². The molecule has 1 amide bonds. The first-order chi connectivity index (χ1) is 13.0. The van der Waals surface area contributed by atoms with Crippen molar-refractivity contribution in [3.63, 3.8) is 0 Å². The Bertz CT molecular complexity index is 920. The van der Waals surface area contributed by atoms with Crippen LogP contribution in [0.15, 0.2) is 54.6 Å². The van der Waals surface area contributed by atoms with Gasteiger partial charge in [-0.1, -0.05) is 17.7 Å². The number of nitrogens with zero attached hydrogens (tertiary/aromatic N) is 2.